The van der Waals surface area contributed by atoms with Gasteiger partial charge in [-0.1, -0.05) is 44.2 Å². The van der Waals surface area contributed by atoms with Crippen LogP contribution in [0.25, 0.3) is 0 Å². The lowest BCUT2D eigenvalue weighted by molar-refractivity contribution is -0.199. The summed E-state index contributed by atoms with van der Waals surface area (Å²) in [6.45, 7) is 6.98. The highest BCUT2D eigenvalue weighted by atomic mass is 35.5. The molecule has 0 amide bonds. The third kappa shape index (κ3) is 1.87. The van der Waals surface area contributed by atoms with Gasteiger partial charge in [-0.25, -0.2) is 0 Å². The van der Waals surface area contributed by atoms with E-state index in [1.54, 1.807) is 0 Å². The molecule has 21 heavy (non-hydrogen) atoms. The molecule has 0 radical (unpaired) electrons. The lowest BCUT2D eigenvalue weighted by Crippen LogP contribution is -2.65. The molecule has 3 aliphatic carbocycles. The maximum absolute atomic E-state index is 6.62. The SMILES string of the molecule is CC1(C)C2CC1[C@]1(C)OB([C@H](Cl)c3ccccc3)O[C@H]1C2. The zero-order chi connectivity index (χ0) is 14.8. The van der Waals surface area contributed by atoms with Gasteiger partial charge in [0.15, 0.2) is 0 Å². The Morgan fingerprint density at radius 2 is 1.90 bits per heavy atom. The van der Waals surface area contributed by atoms with Crippen molar-refractivity contribution in [2.24, 2.45) is 17.3 Å². The highest BCUT2D eigenvalue weighted by Gasteiger charge is 2.68. The van der Waals surface area contributed by atoms with Crippen molar-refractivity contribution in [3.05, 3.63) is 35.9 Å². The average molecular weight is 305 g/mol. The molecule has 1 aromatic carbocycles. The van der Waals surface area contributed by atoms with Crippen LogP contribution in [0.1, 0.15) is 44.5 Å². The second-order valence-electron chi connectivity index (χ2n) is 7.65. The van der Waals surface area contributed by atoms with E-state index in [1.165, 1.54) is 6.42 Å². The van der Waals surface area contributed by atoms with Crippen molar-refractivity contribution in [1.82, 2.24) is 0 Å². The monoisotopic (exact) mass is 304 g/mol. The molecule has 3 saturated carbocycles. The van der Waals surface area contributed by atoms with Gasteiger partial charge in [0, 0.05) is 0 Å². The minimum Gasteiger partial charge on any atom is -0.404 e. The van der Waals surface area contributed by atoms with Crippen LogP contribution in [0.4, 0.5) is 0 Å². The molecule has 2 unspecified atom stereocenters. The number of alkyl halides is 1. The molecule has 2 nitrogen and oxygen atoms in total. The van der Waals surface area contributed by atoms with Crippen molar-refractivity contribution in [2.45, 2.75) is 50.6 Å². The Kier molecular flexibility index (Phi) is 3.02. The maximum Gasteiger partial charge on any atom is 0.481 e. The summed E-state index contributed by atoms with van der Waals surface area (Å²) in [4.78, 5) is 0. The Morgan fingerprint density at radius 1 is 1.19 bits per heavy atom. The fraction of sp³-hybridized carbons (Fsp3) is 0.647. The van der Waals surface area contributed by atoms with Gasteiger partial charge >= 0.3 is 7.12 Å². The number of hydrogen-bond donors (Lipinski definition) is 0. The highest BCUT2D eigenvalue weighted by molar-refractivity contribution is 6.59. The largest absolute Gasteiger partial charge is 0.481 e. The van der Waals surface area contributed by atoms with Gasteiger partial charge in [0.1, 0.15) is 0 Å². The van der Waals surface area contributed by atoms with Gasteiger partial charge in [-0.15, -0.1) is 11.6 Å². The van der Waals surface area contributed by atoms with Crippen molar-refractivity contribution in [3.63, 3.8) is 0 Å². The second-order valence-corrected chi connectivity index (χ2v) is 8.12. The Morgan fingerprint density at radius 3 is 2.57 bits per heavy atom. The van der Waals surface area contributed by atoms with Crippen LogP contribution < -0.4 is 0 Å². The quantitative estimate of drug-likeness (QED) is 0.601. The number of halogens is 1. The third-order valence-electron chi connectivity index (χ3n) is 6.33. The zero-order valence-electron chi connectivity index (χ0n) is 12.9. The summed E-state index contributed by atoms with van der Waals surface area (Å²) in [5.41, 5.74) is 1.26. The summed E-state index contributed by atoms with van der Waals surface area (Å²) in [7, 11) is -0.334. The smallest absolute Gasteiger partial charge is 0.404 e. The van der Waals surface area contributed by atoms with Gasteiger partial charge in [0.05, 0.1) is 17.0 Å². The fourth-order valence-electron chi connectivity index (χ4n) is 4.82. The second kappa shape index (κ2) is 4.50. The van der Waals surface area contributed by atoms with Gasteiger partial charge < -0.3 is 9.31 Å². The van der Waals surface area contributed by atoms with E-state index in [-0.39, 0.29) is 24.1 Å². The molecule has 0 N–H and O–H groups in total. The highest BCUT2D eigenvalue weighted by Crippen LogP contribution is 2.66. The third-order valence-corrected chi connectivity index (χ3v) is 6.78. The van der Waals surface area contributed by atoms with E-state index in [4.69, 9.17) is 20.9 Å². The molecule has 1 saturated heterocycles. The lowest BCUT2D eigenvalue weighted by atomic mass is 9.43. The first-order valence-electron chi connectivity index (χ1n) is 7.95. The molecule has 1 heterocycles. The van der Waals surface area contributed by atoms with Crippen LogP contribution in [0.5, 0.6) is 0 Å². The van der Waals surface area contributed by atoms with E-state index in [0.29, 0.717) is 11.3 Å². The van der Waals surface area contributed by atoms with E-state index in [1.807, 2.05) is 30.3 Å². The van der Waals surface area contributed by atoms with Crippen molar-refractivity contribution in [2.75, 3.05) is 0 Å². The molecule has 1 aromatic rings. The molecule has 4 aliphatic rings. The lowest BCUT2D eigenvalue weighted by Gasteiger charge is -2.64. The Hall–Kier alpha value is -0.505. The van der Waals surface area contributed by atoms with Gasteiger partial charge in [-0.2, -0.15) is 0 Å². The van der Waals surface area contributed by atoms with Gasteiger partial charge in [-0.3, -0.25) is 0 Å². The van der Waals surface area contributed by atoms with Crippen LogP contribution >= 0.6 is 11.6 Å². The van der Waals surface area contributed by atoms with E-state index in [2.05, 4.69) is 20.8 Å². The fourth-order valence-corrected chi connectivity index (χ4v) is 5.07. The van der Waals surface area contributed by atoms with Gasteiger partial charge in [0.2, 0.25) is 0 Å². The first-order chi connectivity index (χ1) is 9.93. The summed E-state index contributed by atoms with van der Waals surface area (Å²) >= 11 is 6.62. The predicted molar refractivity (Wildman–Crippen MR) is 85.1 cm³/mol. The molecular weight excluding hydrogens is 282 g/mol. The first-order valence-corrected chi connectivity index (χ1v) is 8.39. The molecule has 4 fully saturated rings. The Labute approximate surface area is 132 Å². The molecule has 0 aromatic heterocycles. The van der Waals surface area contributed by atoms with Crippen molar-refractivity contribution in [1.29, 1.82) is 0 Å². The minimum absolute atomic E-state index is 0.176. The summed E-state index contributed by atoms with van der Waals surface area (Å²) < 4.78 is 12.6. The van der Waals surface area contributed by atoms with Crippen molar-refractivity contribution >= 4 is 18.7 Å². The molecule has 5 rings (SSSR count). The van der Waals surface area contributed by atoms with Crippen molar-refractivity contribution < 1.29 is 9.31 Å². The van der Waals surface area contributed by atoms with Crippen LogP contribution in [0, 0.1) is 17.3 Å². The first kappa shape index (κ1) is 14.1. The molecule has 5 atom stereocenters. The normalized spacial score (nSPS) is 41.3. The summed E-state index contributed by atoms with van der Waals surface area (Å²) in [5.74, 6) is 1.35. The topological polar surface area (TPSA) is 18.5 Å². The maximum atomic E-state index is 6.62. The van der Waals surface area contributed by atoms with E-state index in [9.17, 15) is 0 Å². The summed E-state index contributed by atoms with van der Waals surface area (Å²) in [6.07, 6.45) is 2.58. The Balaban J connectivity index is 1.57. The predicted octanol–water partition coefficient (Wildman–Crippen LogP) is 4.23. The molecule has 112 valence electrons. The Bertz CT molecular complexity index is 549. The van der Waals surface area contributed by atoms with Crippen LogP contribution in [0.15, 0.2) is 30.3 Å². The van der Waals surface area contributed by atoms with Crippen LogP contribution in [0.3, 0.4) is 0 Å². The summed E-state index contributed by atoms with van der Waals surface area (Å²) in [6, 6.07) is 10.1. The molecule has 0 spiro atoms. The standard InChI is InChI=1S/C17H22BClO2/c1-16(2)12-9-13(16)17(3)14(10-12)20-18(21-17)15(19)11-7-5-4-6-8-11/h4-8,12-15H,9-10H2,1-3H3/t12?,13?,14-,15+,17-/m0/s1. The average Bonchev–Trinajstić information content (AvgIpc) is 2.84. The molecular formula is C17H22BClO2. The van der Waals surface area contributed by atoms with E-state index in [0.717, 1.165) is 17.9 Å². The zero-order valence-corrected chi connectivity index (χ0v) is 13.6. The number of benzene rings is 1. The van der Waals surface area contributed by atoms with E-state index < -0.39 is 0 Å². The van der Waals surface area contributed by atoms with Crippen LogP contribution in [0.2, 0.25) is 0 Å². The summed E-state index contributed by atoms with van der Waals surface area (Å²) in [5, 5.41) is -0.242. The van der Waals surface area contributed by atoms with Gasteiger partial charge in [0.25, 0.3) is 0 Å². The molecule has 1 aliphatic heterocycles. The van der Waals surface area contributed by atoms with Crippen LogP contribution in [-0.4, -0.2) is 18.8 Å². The molecule has 4 heteroatoms. The number of rotatable bonds is 2. The van der Waals surface area contributed by atoms with Crippen LogP contribution in [-0.2, 0) is 9.31 Å². The molecule has 2 bridgehead atoms. The minimum atomic E-state index is -0.334. The number of hydrogen-bond acceptors (Lipinski definition) is 2. The van der Waals surface area contributed by atoms with Gasteiger partial charge in [-0.05, 0) is 42.6 Å². The van der Waals surface area contributed by atoms with Crippen molar-refractivity contribution in [3.8, 4) is 0 Å². The van der Waals surface area contributed by atoms with E-state index >= 15 is 0 Å².